The highest BCUT2D eigenvalue weighted by atomic mass is 19.1. The molecule has 124 valence electrons. The van der Waals surface area contributed by atoms with Gasteiger partial charge in [0.25, 0.3) is 0 Å². The van der Waals surface area contributed by atoms with E-state index in [-0.39, 0.29) is 24.2 Å². The maximum Gasteiger partial charge on any atom is 0.235 e. The fraction of sp³-hybridized carbons (Fsp3) is 0.263. The predicted molar refractivity (Wildman–Crippen MR) is 88.2 cm³/mol. The molecule has 0 unspecified atom stereocenters. The van der Waals surface area contributed by atoms with Crippen molar-refractivity contribution in [3.8, 4) is 0 Å². The third-order valence-corrected chi connectivity index (χ3v) is 4.31. The number of carbonyl (C=O) groups is 2. The Bertz CT molecular complexity index is 742. The molecule has 4 nitrogen and oxygen atoms in total. The van der Waals surface area contributed by atoms with Crippen molar-refractivity contribution in [2.75, 3.05) is 0 Å². The van der Waals surface area contributed by atoms with Crippen LogP contribution in [0.15, 0.2) is 54.6 Å². The second-order valence-corrected chi connectivity index (χ2v) is 6.02. The van der Waals surface area contributed by atoms with Crippen molar-refractivity contribution in [1.82, 2.24) is 10.6 Å². The van der Waals surface area contributed by atoms with Crippen LogP contribution in [0.2, 0.25) is 0 Å². The number of hydrogen-bond acceptors (Lipinski definition) is 2. The summed E-state index contributed by atoms with van der Waals surface area (Å²) < 4.78 is 13.6. The van der Waals surface area contributed by atoms with Crippen LogP contribution in [0.25, 0.3) is 0 Å². The average Bonchev–Trinajstić information content (AvgIpc) is 3.41. The summed E-state index contributed by atoms with van der Waals surface area (Å²) in [5.74, 6) is -0.968. The molecule has 1 saturated carbocycles. The maximum atomic E-state index is 13.6. The van der Waals surface area contributed by atoms with Gasteiger partial charge in [-0.3, -0.25) is 9.59 Å². The Labute approximate surface area is 140 Å². The van der Waals surface area contributed by atoms with E-state index in [0.717, 1.165) is 5.56 Å². The zero-order valence-electron chi connectivity index (χ0n) is 13.2. The molecule has 0 aliphatic heterocycles. The first kappa shape index (κ1) is 16.2. The lowest BCUT2D eigenvalue weighted by Crippen LogP contribution is -2.42. The number of nitrogens with one attached hydrogen (secondary N) is 2. The molecule has 0 atom stereocenters. The molecule has 0 radical (unpaired) electrons. The molecule has 0 spiro atoms. The van der Waals surface area contributed by atoms with Gasteiger partial charge in [0.2, 0.25) is 11.8 Å². The van der Waals surface area contributed by atoms with E-state index >= 15 is 0 Å². The summed E-state index contributed by atoms with van der Waals surface area (Å²) in [7, 11) is 0. The normalized spacial score (nSPS) is 14.7. The van der Waals surface area contributed by atoms with Gasteiger partial charge in [-0.2, -0.15) is 0 Å². The van der Waals surface area contributed by atoms with Crippen LogP contribution in [0.3, 0.4) is 0 Å². The highest BCUT2D eigenvalue weighted by Crippen LogP contribution is 2.46. The Balaban J connectivity index is 1.56. The minimum Gasteiger partial charge on any atom is -0.351 e. The molecule has 2 aromatic rings. The molecule has 1 fully saturated rings. The molecule has 0 bridgehead atoms. The molecule has 2 amide bonds. The largest absolute Gasteiger partial charge is 0.351 e. The maximum absolute atomic E-state index is 13.6. The molecular formula is C19H19FN2O2. The first-order valence-corrected chi connectivity index (χ1v) is 7.96. The summed E-state index contributed by atoms with van der Waals surface area (Å²) in [6, 6.07) is 15.8. The van der Waals surface area contributed by atoms with E-state index in [9.17, 15) is 14.0 Å². The van der Waals surface area contributed by atoms with Crippen molar-refractivity contribution >= 4 is 11.8 Å². The van der Waals surface area contributed by atoms with Crippen LogP contribution in [-0.4, -0.2) is 11.8 Å². The Morgan fingerprint density at radius 3 is 2.08 bits per heavy atom. The third kappa shape index (κ3) is 3.45. The van der Waals surface area contributed by atoms with E-state index in [4.69, 9.17) is 0 Å². The van der Waals surface area contributed by atoms with Gasteiger partial charge in [0.05, 0.1) is 0 Å². The summed E-state index contributed by atoms with van der Waals surface area (Å²) in [4.78, 5) is 24.7. The first-order chi connectivity index (χ1) is 11.6. The number of carbonyl (C=O) groups excluding carboxylic acids is 2. The molecule has 5 heteroatoms. The average molecular weight is 326 g/mol. The minimum absolute atomic E-state index is 0.0826. The van der Waals surface area contributed by atoms with Crippen molar-refractivity contribution in [2.45, 2.75) is 25.9 Å². The molecule has 2 N–H and O–H groups in total. The Kier molecular flexibility index (Phi) is 4.60. The van der Waals surface area contributed by atoms with Crippen molar-refractivity contribution in [2.24, 2.45) is 5.41 Å². The Hall–Kier alpha value is -2.69. The van der Waals surface area contributed by atoms with Gasteiger partial charge >= 0.3 is 0 Å². The molecule has 3 rings (SSSR count). The van der Waals surface area contributed by atoms with Crippen molar-refractivity contribution in [1.29, 1.82) is 0 Å². The molecule has 0 aromatic heterocycles. The number of amides is 2. The molecular weight excluding hydrogens is 307 g/mol. The van der Waals surface area contributed by atoms with E-state index in [0.29, 0.717) is 24.9 Å². The van der Waals surface area contributed by atoms with Crippen LogP contribution >= 0.6 is 0 Å². The number of rotatable bonds is 6. The number of hydrogen-bond donors (Lipinski definition) is 2. The Morgan fingerprint density at radius 2 is 1.46 bits per heavy atom. The first-order valence-electron chi connectivity index (χ1n) is 7.96. The van der Waals surface area contributed by atoms with Crippen LogP contribution in [0.1, 0.15) is 24.0 Å². The second kappa shape index (κ2) is 6.83. The monoisotopic (exact) mass is 326 g/mol. The van der Waals surface area contributed by atoms with E-state index < -0.39 is 5.41 Å². The van der Waals surface area contributed by atoms with Gasteiger partial charge in [-0.25, -0.2) is 4.39 Å². The Morgan fingerprint density at radius 1 is 0.875 bits per heavy atom. The van der Waals surface area contributed by atoms with E-state index in [1.165, 1.54) is 6.07 Å². The van der Waals surface area contributed by atoms with E-state index in [1.807, 2.05) is 30.3 Å². The quantitative estimate of drug-likeness (QED) is 0.802. The lowest BCUT2D eigenvalue weighted by atomic mass is 10.0. The molecule has 0 heterocycles. The van der Waals surface area contributed by atoms with Gasteiger partial charge in [-0.15, -0.1) is 0 Å². The lowest BCUT2D eigenvalue weighted by Gasteiger charge is -2.15. The fourth-order valence-corrected chi connectivity index (χ4v) is 2.62. The predicted octanol–water partition coefficient (Wildman–Crippen LogP) is 2.54. The minimum atomic E-state index is -1.000. The molecule has 2 aromatic carbocycles. The molecule has 0 saturated heterocycles. The van der Waals surface area contributed by atoms with Crippen LogP contribution in [0, 0.1) is 11.2 Å². The summed E-state index contributed by atoms with van der Waals surface area (Å²) in [6.45, 7) is 0.473. The van der Waals surface area contributed by atoms with Crippen LogP contribution in [0.5, 0.6) is 0 Å². The summed E-state index contributed by atoms with van der Waals surface area (Å²) in [5, 5.41) is 5.50. The van der Waals surface area contributed by atoms with Crippen LogP contribution < -0.4 is 10.6 Å². The smallest absolute Gasteiger partial charge is 0.235 e. The van der Waals surface area contributed by atoms with Gasteiger partial charge in [-0.05, 0) is 24.5 Å². The fourth-order valence-electron chi connectivity index (χ4n) is 2.62. The summed E-state index contributed by atoms with van der Waals surface area (Å²) >= 11 is 0. The number of benzene rings is 2. The summed E-state index contributed by atoms with van der Waals surface area (Å²) in [6.07, 6.45) is 1.05. The van der Waals surface area contributed by atoms with Crippen molar-refractivity contribution in [3.05, 3.63) is 71.5 Å². The molecule has 1 aliphatic carbocycles. The van der Waals surface area contributed by atoms with Gasteiger partial charge in [0, 0.05) is 18.7 Å². The third-order valence-electron chi connectivity index (χ3n) is 4.31. The highest BCUT2D eigenvalue weighted by molar-refractivity contribution is 6.07. The SMILES string of the molecule is O=C(NCc1ccccc1)C1(C(=O)NCc2ccccc2F)CC1. The molecule has 24 heavy (non-hydrogen) atoms. The zero-order valence-corrected chi connectivity index (χ0v) is 13.2. The summed E-state index contributed by atoms with van der Waals surface area (Å²) in [5.41, 5.74) is 0.389. The van der Waals surface area contributed by atoms with Crippen molar-refractivity contribution in [3.63, 3.8) is 0 Å². The number of halogens is 1. The standard InChI is InChI=1S/C19H19FN2O2/c20-16-9-5-4-8-15(16)13-22-18(24)19(10-11-19)17(23)21-12-14-6-2-1-3-7-14/h1-9H,10-13H2,(H,21,23)(H,22,24). The van der Waals surface area contributed by atoms with Gasteiger partial charge in [0.15, 0.2) is 0 Å². The topological polar surface area (TPSA) is 58.2 Å². The van der Waals surface area contributed by atoms with Gasteiger partial charge in [-0.1, -0.05) is 48.5 Å². The van der Waals surface area contributed by atoms with E-state index in [1.54, 1.807) is 18.2 Å². The second-order valence-electron chi connectivity index (χ2n) is 6.02. The van der Waals surface area contributed by atoms with Gasteiger partial charge in [0.1, 0.15) is 11.2 Å². The van der Waals surface area contributed by atoms with Gasteiger partial charge < -0.3 is 10.6 Å². The molecule has 1 aliphatic rings. The lowest BCUT2D eigenvalue weighted by molar-refractivity contribution is -0.137. The van der Waals surface area contributed by atoms with Crippen LogP contribution in [0.4, 0.5) is 4.39 Å². The van der Waals surface area contributed by atoms with Crippen LogP contribution in [-0.2, 0) is 22.7 Å². The highest BCUT2D eigenvalue weighted by Gasteiger charge is 2.56. The zero-order chi connectivity index (χ0) is 17.0. The van der Waals surface area contributed by atoms with E-state index in [2.05, 4.69) is 10.6 Å². The van der Waals surface area contributed by atoms with Crippen molar-refractivity contribution < 1.29 is 14.0 Å².